The number of nitrogens with one attached hydrogen (secondary N) is 1. The van der Waals surface area contributed by atoms with Crippen LogP contribution in [0.15, 0.2) is 77.3 Å². The van der Waals surface area contributed by atoms with Gasteiger partial charge in [-0.3, -0.25) is 14.5 Å². The van der Waals surface area contributed by atoms with E-state index < -0.39 is 0 Å². The fourth-order valence-electron chi connectivity index (χ4n) is 5.63. The van der Waals surface area contributed by atoms with Crippen molar-refractivity contribution in [2.75, 3.05) is 12.0 Å². The number of carbonyl (C=O) groups is 2. The van der Waals surface area contributed by atoms with E-state index in [4.69, 9.17) is 0 Å². The number of halogens is 1. The standard InChI is InChI=1S/C25H19BrN2O2/c26-14-9-11-15(12-10-14)27-13-28-24(29)22-20-16-5-1-2-6-17(16)21(23(22)25(28)30)19-8-4-3-7-18(19)20/h1-12,20-23,27H,13H2. The van der Waals surface area contributed by atoms with E-state index in [1.165, 1.54) is 27.2 Å². The smallest absolute Gasteiger partial charge is 0.235 e. The Kier molecular flexibility index (Phi) is 3.90. The first-order valence-corrected chi connectivity index (χ1v) is 11.0. The molecule has 5 heteroatoms. The van der Waals surface area contributed by atoms with Gasteiger partial charge in [-0.15, -0.1) is 0 Å². The van der Waals surface area contributed by atoms with Crippen molar-refractivity contribution in [3.05, 3.63) is 99.5 Å². The first-order valence-electron chi connectivity index (χ1n) is 10.2. The molecule has 4 aliphatic rings. The summed E-state index contributed by atoms with van der Waals surface area (Å²) in [4.78, 5) is 28.4. The van der Waals surface area contributed by atoms with E-state index in [1.807, 2.05) is 48.5 Å². The molecule has 148 valence electrons. The molecule has 1 fully saturated rings. The lowest BCUT2D eigenvalue weighted by Gasteiger charge is -2.45. The molecule has 1 N–H and O–H groups in total. The van der Waals surface area contributed by atoms with Crippen LogP contribution in [-0.2, 0) is 9.59 Å². The second-order valence-corrected chi connectivity index (χ2v) is 9.13. The maximum atomic E-state index is 13.5. The average molecular weight is 459 g/mol. The Morgan fingerprint density at radius 2 is 1.13 bits per heavy atom. The van der Waals surface area contributed by atoms with Crippen molar-refractivity contribution in [3.8, 4) is 0 Å². The highest BCUT2D eigenvalue weighted by atomic mass is 79.9. The first-order chi connectivity index (χ1) is 14.6. The molecule has 3 aromatic rings. The summed E-state index contributed by atoms with van der Waals surface area (Å²) >= 11 is 3.43. The zero-order valence-corrected chi connectivity index (χ0v) is 17.7. The maximum absolute atomic E-state index is 13.5. The van der Waals surface area contributed by atoms with E-state index >= 15 is 0 Å². The third-order valence-electron chi connectivity index (χ3n) is 6.83. The number of hydrogen-bond donors (Lipinski definition) is 1. The van der Waals surface area contributed by atoms with Crippen LogP contribution in [0.5, 0.6) is 0 Å². The Hall–Kier alpha value is -2.92. The molecule has 2 bridgehead atoms. The molecule has 0 saturated carbocycles. The summed E-state index contributed by atoms with van der Waals surface area (Å²) in [5, 5.41) is 3.24. The number of nitrogens with zero attached hydrogens (tertiary/aromatic N) is 1. The molecule has 2 atom stereocenters. The zero-order valence-electron chi connectivity index (χ0n) is 16.1. The summed E-state index contributed by atoms with van der Waals surface area (Å²) in [6.07, 6.45) is 0. The number of likely N-dealkylation sites (tertiary alicyclic amines) is 1. The van der Waals surface area contributed by atoms with E-state index in [0.29, 0.717) is 0 Å². The molecule has 4 nitrogen and oxygen atoms in total. The third-order valence-corrected chi connectivity index (χ3v) is 7.35. The SMILES string of the molecule is O=C1C2C3c4ccccc4C(c4ccccc43)C2C(=O)N1CNc1ccc(Br)cc1. The number of amides is 2. The zero-order chi connectivity index (χ0) is 20.4. The largest absolute Gasteiger partial charge is 0.367 e. The lowest BCUT2D eigenvalue weighted by Crippen LogP contribution is -2.41. The van der Waals surface area contributed by atoms with Gasteiger partial charge in [0.25, 0.3) is 0 Å². The van der Waals surface area contributed by atoms with Crippen LogP contribution in [-0.4, -0.2) is 23.4 Å². The van der Waals surface area contributed by atoms with Crippen LogP contribution in [0, 0.1) is 11.8 Å². The van der Waals surface area contributed by atoms with E-state index in [1.54, 1.807) is 0 Å². The van der Waals surface area contributed by atoms with Crippen molar-refractivity contribution in [1.29, 1.82) is 0 Å². The lowest BCUT2D eigenvalue weighted by atomic mass is 9.55. The quantitative estimate of drug-likeness (QED) is 0.578. The van der Waals surface area contributed by atoms with E-state index in [9.17, 15) is 9.59 Å². The van der Waals surface area contributed by atoms with Gasteiger partial charge in [-0.05, 0) is 46.5 Å². The molecule has 1 heterocycles. The molecular weight excluding hydrogens is 440 g/mol. The van der Waals surface area contributed by atoms with Gasteiger partial charge >= 0.3 is 0 Å². The highest BCUT2D eigenvalue weighted by Gasteiger charge is 2.61. The Bertz CT molecular complexity index is 1070. The van der Waals surface area contributed by atoms with Gasteiger partial charge in [0.1, 0.15) is 0 Å². The van der Waals surface area contributed by atoms with E-state index in [2.05, 4.69) is 45.5 Å². The topological polar surface area (TPSA) is 49.4 Å². The molecule has 30 heavy (non-hydrogen) atoms. The molecular formula is C25H19BrN2O2. The number of carbonyl (C=O) groups excluding carboxylic acids is 2. The summed E-state index contributed by atoms with van der Waals surface area (Å²) in [6.45, 7) is 0.193. The molecule has 1 saturated heterocycles. The van der Waals surface area contributed by atoms with Gasteiger partial charge in [-0.25, -0.2) is 0 Å². The van der Waals surface area contributed by atoms with Gasteiger partial charge in [0, 0.05) is 22.0 Å². The Balaban J connectivity index is 1.39. The van der Waals surface area contributed by atoms with Crippen molar-refractivity contribution in [1.82, 2.24) is 4.90 Å². The molecule has 1 aliphatic heterocycles. The van der Waals surface area contributed by atoms with Crippen LogP contribution >= 0.6 is 15.9 Å². The molecule has 0 spiro atoms. The van der Waals surface area contributed by atoms with E-state index in [-0.39, 0.29) is 42.2 Å². The normalized spacial score (nSPS) is 25.7. The van der Waals surface area contributed by atoms with Gasteiger partial charge in [-0.1, -0.05) is 64.5 Å². The minimum atomic E-state index is -0.320. The molecule has 7 rings (SSSR count). The summed E-state index contributed by atoms with van der Waals surface area (Å²) < 4.78 is 0.986. The van der Waals surface area contributed by atoms with Gasteiger partial charge in [0.15, 0.2) is 0 Å². The predicted molar refractivity (Wildman–Crippen MR) is 118 cm³/mol. The fourth-order valence-corrected chi connectivity index (χ4v) is 5.90. The van der Waals surface area contributed by atoms with Crippen molar-refractivity contribution >= 4 is 33.4 Å². The van der Waals surface area contributed by atoms with Crippen molar-refractivity contribution in [3.63, 3.8) is 0 Å². The number of imide groups is 1. The minimum Gasteiger partial charge on any atom is -0.367 e. The van der Waals surface area contributed by atoms with Gasteiger partial charge in [0.05, 0.1) is 18.5 Å². The molecule has 3 aromatic carbocycles. The van der Waals surface area contributed by atoms with Crippen molar-refractivity contribution in [2.45, 2.75) is 11.8 Å². The molecule has 2 amide bonds. The van der Waals surface area contributed by atoms with Crippen molar-refractivity contribution < 1.29 is 9.59 Å². The van der Waals surface area contributed by atoms with Crippen LogP contribution in [0.2, 0.25) is 0 Å². The van der Waals surface area contributed by atoms with Crippen LogP contribution in [0.1, 0.15) is 34.1 Å². The van der Waals surface area contributed by atoms with Gasteiger partial charge in [0.2, 0.25) is 11.8 Å². The predicted octanol–water partition coefficient (Wildman–Crippen LogP) is 4.71. The van der Waals surface area contributed by atoms with Crippen LogP contribution in [0.25, 0.3) is 0 Å². The summed E-state index contributed by atoms with van der Waals surface area (Å²) in [5.41, 5.74) is 5.68. The third kappa shape index (κ3) is 2.39. The Morgan fingerprint density at radius 1 is 0.700 bits per heavy atom. The molecule has 2 unspecified atom stereocenters. The second-order valence-electron chi connectivity index (χ2n) is 8.21. The first kappa shape index (κ1) is 17.9. The number of rotatable bonds is 3. The average Bonchev–Trinajstić information content (AvgIpc) is 3.04. The maximum Gasteiger partial charge on any atom is 0.235 e. The molecule has 3 aliphatic carbocycles. The van der Waals surface area contributed by atoms with E-state index in [0.717, 1.165) is 10.2 Å². The number of benzene rings is 3. The highest BCUT2D eigenvalue weighted by molar-refractivity contribution is 9.10. The van der Waals surface area contributed by atoms with Crippen LogP contribution in [0.4, 0.5) is 5.69 Å². The Labute approximate surface area is 183 Å². The second kappa shape index (κ2) is 6.54. The fraction of sp³-hybridized carbons (Fsp3) is 0.200. The van der Waals surface area contributed by atoms with Crippen molar-refractivity contribution in [2.24, 2.45) is 11.8 Å². The summed E-state index contributed by atoms with van der Waals surface area (Å²) in [6, 6.07) is 24.4. The highest BCUT2D eigenvalue weighted by Crippen LogP contribution is 2.60. The molecule has 0 radical (unpaired) electrons. The summed E-state index contributed by atoms with van der Waals surface area (Å²) in [5.74, 6) is -0.872. The lowest BCUT2D eigenvalue weighted by molar-refractivity contribution is -0.139. The Morgan fingerprint density at radius 3 is 1.57 bits per heavy atom. The van der Waals surface area contributed by atoms with Gasteiger partial charge in [-0.2, -0.15) is 0 Å². The summed E-state index contributed by atoms with van der Waals surface area (Å²) in [7, 11) is 0. The number of anilines is 1. The minimum absolute atomic E-state index is 0.0541. The van der Waals surface area contributed by atoms with Crippen LogP contribution in [0.3, 0.4) is 0 Å². The monoisotopic (exact) mass is 458 g/mol. The van der Waals surface area contributed by atoms with Gasteiger partial charge < -0.3 is 5.32 Å². The number of hydrogen-bond acceptors (Lipinski definition) is 3. The van der Waals surface area contributed by atoms with Crippen LogP contribution < -0.4 is 5.32 Å². The molecule has 0 aromatic heterocycles.